The number of hydrogen-bond donors (Lipinski definition) is 1. The molecule has 0 aromatic carbocycles. The maximum absolute atomic E-state index is 4.19. The molecular formula is C9H13N3. The average molecular weight is 163 g/mol. The summed E-state index contributed by atoms with van der Waals surface area (Å²) in [6.07, 6.45) is 7.43. The van der Waals surface area contributed by atoms with E-state index in [1.165, 1.54) is 10.6 Å². The Morgan fingerprint density at radius 2 is 2.50 bits per heavy atom. The van der Waals surface area contributed by atoms with E-state index in [0.29, 0.717) is 6.04 Å². The monoisotopic (exact) mass is 163 g/mol. The fourth-order valence-corrected chi connectivity index (χ4v) is 1.54. The summed E-state index contributed by atoms with van der Waals surface area (Å²) in [5.74, 6) is 0. The van der Waals surface area contributed by atoms with Crippen molar-refractivity contribution in [2.75, 3.05) is 7.05 Å². The predicted octanol–water partition coefficient (Wildman–Crippen LogP) is -1.03. The van der Waals surface area contributed by atoms with Crippen LogP contribution in [0.4, 0.5) is 0 Å². The molecule has 0 spiro atoms. The van der Waals surface area contributed by atoms with Crippen molar-refractivity contribution in [3.8, 4) is 0 Å². The van der Waals surface area contributed by atoms with Crippen molar-refractivity contribution in [1.82, 2.24) is 15.1 Å². The molecule has 12 heavy (non-hydrogen) atoms. The van der Waals surface area contributed by atoms with Gasteiger partial charge in [-0.2, -0.15) is 5.10 Å². The van der Waals surface area contributed by atoms with Gasteiger partial charge < -0.3 is 5.32 Å². The first kappa shape index (κ1) is 7.55. The molecule has 0 amide bonds. The molecule has 1 heterocycles. The highest BCUT2D eigenvalue weighted by molar-refractivity contribution is 5.40. The zero-order valence-electron chi connectivity index (χ0n) is 7.41. The largest absolute Gasteiger partial charge is 0.313 e. The number of nitrogens with one attached hydrogen (secondary N) is 1. The minimum atomic E-state index is 0.466. The number of aryl methyl sites for hydroxylation is 1. The first-order chi connectivity index (χ1) is 5.81. The van der Waals surface area contributed by atoms with Gasteiger partial charge >= 0.3 is 0 Å². The van der Waals surface area contributed by atoms with Crippen LogP contribution in [0.3, 0.4) is 0 Å². The van der Waals surface area contributed by atoms with Crippen molar-refractivity contribution in [3.63, 3.8) is 0 Å². The lowest BCUT2D eigenvalue weighted by molar-refractivity contribution is 0.692. The van der Waals surface area contributed by atoms with E-state index in [-0.39, 0.29) is 0 Å². The molecule has 0 aliphatic heterocycles. The van der Waals surface area contributed by atoms with Crippen molar-refractivity contribution in [2.45, 2.75) is 12.5 Å². The first-order valence-electron chi connectivity index (χ1n) is 4.18. The van der Waals surface area contributed by atoms with Crippen LogP contribution in [0.2, 0.25) is 0 Å². The van der Waals surface area contributed by atoms with Gasteiger partial charge in [0.2, 0.25) is 0 Å². The summed E-state index contributed by atoms with van der Waals surface area (Å²) in [4.78, 5) is 0. The second-order valence-electron chi connectivity index (χ2n) is 3.11. The lowest BCUT2D eigenvalue weighted by Gasteiger charge is -2.10. The van der Waals surface area contributed by atoms with Gasteiger partial charge in [0.15, 0.2) is 0 Å². The molecule has 1 aromatic rings. The fourth-order valence-electron chi connectivity index (χ4n) is 1.54. The Morgan fingerprint density at radius 1 is 1.67 bits per heavy atom. The Bertz CT molecular complexity index is 388. The van der Waals surface area contributed by atoms with Crippen molar-refractivity contribution >= 4 is 12.2 Å². The number of fused-ring (bicyclic) bond motifs is 1. The molecule has 3 nitrogen and oxygen atoms in total. The predicted molar refractivity (Wildman–Crippen MR) is 48.9 cm³/mol. The lowest BCUT2D eigenvalue weighted by atomic mass is 10.1. The van der Waals surface area contributed by atoms with Gasteiger partial charge in [0.1, 0.15) is 0 Å². The Morgan fingerprint density at radius 3 is 3.25 bits per heavy atom. The maximum atomic E-state index is 4.19. The maximum Gasteiger partial charge on any atom is 0.0651 e. The Balaban J connectivity index is 2.60. The van der Waals surface area contributed by atoms with Gasteiger partial charge in [-0.25, -0.2) is 0 Å². The van der Waals surface area contributed by atoms with Crippen LogP contribution >= 0.6 is 0 Å². The number of hydrogen-bond acceptors (Lipinski definition) is 2. The molecule has 1 N–H and O–H groups in total. The third-order valence-electron chi connectivity index (χ3n) is 2.34. The number of nitrogens with zero attached hydrogens (tertiary/aromatic N) is 2. The highest BCUT2D eigenvalue weighted by atomic mass is 15.2. The van der Waals surface area contributed by atoms with E-state index in [4.69, 9.17) is 0 Å². The van der Waals surface area contributed by atoms with Crippen LogP contribution in [0.25, 0.3) is 12.2 Å². The average Bonchev–Trinajstić information content (AvgIpc) is 2.47. The topological polar surface area (TPSA) is 29.9 Å². The van der Waals surface area contributed by atoms with Gasteiger partial charge in [-0.3, -0.25) is 4.68 Å². The van der Waals surface area contributed by atoms with E-state index < -0.39 is 0 Å². The summed E-state index contributed by atoms with van der Waals surface area (Å²) < 4.78 is 1.91. The van der Waals surface area contributed by atoms with Crippen LogP contribution in [0.15, 0.2) is 6.20 Å². The van der Waals surface area contributed by atoms with Crippen molar-refractivity contribution < 1.29 is 0 Å². The van der Waals surface area contributed by atoms with Gasteiger partial charge in [0.25, 0.3) is 0 Å². The van der Waals surface area contributed by atoms with Gasteiger partial charge in [-0.05, 0) is 19.5 Å². The van der Waals surface area contributed by atoms with Crippen LogP contribution in [0.1, 0.15) is 6.42 Å². The molecule has 0 fully saturated rings. The zero-order chi connectivity index (χ0) is 8.55. The molecule has 64 valence electrons. The highest BCUT2D eigenvalue weighted by Gasteiger charge is 2.05. The molecule has 0 saturated heterocycles. The van der Waals surface area contributed by atoms with E-state index in [1.807, 2.05) is 25.0 Å². The van der Waals surface area contributed by atoms with E-state index in [1.54, 1.807) is 0 Å². The first-order valence-corrected chi connectivity index (χ1v) is 4.18. The molecule has 0 bridgehead atoms. The third kappa shape index (κ3) is 1.06. The molecule has 3 heteroatoms. The van der Waals surface area contributed by atoms with Crippen LogP contribution in [0.5, 0.6) is 0 Å². The van der Waals surface area contributed by atoms with Gasteiger partial charge in [-0.1, -0.05) is 6.08 Å². The van der Waals surface area contributed by atoms with Crippen LogP contribution in [0, 0.1) is 0 Å². The van der Waals surface area contributed by atoms with E-state index in [2.05, 4.69) is 22.6 Å². The second kappa shape index (κ2) is 2.75. The molecule has 1 atom stereocenters. The molecule has 1 unspecified atom stereocenters. The van der Waals surface area contributed by atoms with E-state index in [0.717, 1.165) is 6.42 Å². The lowest BCUT2D eigenvalue weighted by Crippen LogP contribution is -2.37. The standard InChI is InChI=1S/C9H13N3/c1-10-8-4-3-7-6-11-12(2)9(7)5-8/h3,5-6,8,10H,4H2,1-2H3. The molecule has 2 rings (SSSR count). The van der Waals surface area contributed by atoms with Crippen molar-refractivity contribution in [1.29, 1.82) is 0 Å². The highest BCUT2D eigenvalue weighted by Crippen LogP contribution is 1.96. The molecule has 1 aromatic heterocycles. The summed E-state index contributed by atoms with van der Waals surface area (Å²) in [6, 6.07) is 0.466. The summed E-state index contributed by atoms with van der Waals surface area (Å²) in [6.45, 7) is 0. The Labute approximate surface area is 71.4 Å². The minimum absolute atomic E-state index is 0.466. The summed E-state index contributed by atoms with van der Waals surface area (Å²) >= 11 is 0. The minimum Gasteiger partial charge on any atom is -0.313 e. The molecule has 1 aliphatic rings. The Kier molecular flexibility index (Phi) is 1.73. The van der Waals surface area contributed by atoms with E-state index >= 15 is 0 Å². The molecule has 1 aliphatic carbocycles. The zero-order valence-corrected chi connectivity index (χ0v) is 7.41. The van der Waals surface area contributed by atoms with Crippen LogP contribution in [-0.2, 0) is 7.05 Å². The van der Waals surface area contributed by atoms with Crippen LogP contribution in [-0.4, -0.2) is 22.9 Å². The second-order valence-corrected chi connectivity index (χ2v) is 3.11. The summed E-state index contributed by atoms with van der Waals surface area (Å²) in [5, 5.41) is 9.90. The van der Waals surface area contributed by atoms with Gasteiger partial charge in [-0.15, -0.1) is 0 Å². The SMILES string of the molecule is CNC1C=c2c(cnn2C)=CC1. The van der Waals surface area contributed by atoms with Crippen molar-refractivity contribution in [2.24, 2.45) is 7.05 Å². The molecular weight excluding hydrogens is 150 g/mol. The quantitative estimate of drug-likeness (QED) is 0.574. The summed E-state index contributed by atoms with van der Waals surface area (Å²) in [5.41, 5.74) is 0. The Hall–Kier alpha value is -1.09. The molecule has 0 radical (unpaired) electrons. The third-order valence-corrected chi connectivity index (χ3v) is 2.34. The number of aromatic nitrogens is 2. The van der Waals surface area contributed by atoms with Gasteiger partial charge in [0, 0.05) is 18.3 Å². The normalized spacial score (nSPS) is 21.0. The number of rotatable bonds is 1. The smallest absolute Gasteiger partial charge is 0.0651 e. The van der Waals surface area contributed by atoms with Crippen LogP contribution < -0.4 is 15.9 Å². The summed E-state index contributed by atoms with van der Waals surface area (Å²) in [7, 11) is 3.96. The fraction of sp³-hybridized carbons (Fsp3) is 0.444. The van der Waals surface area contributed by atoms with Crippen molar-refractivity contribution in [3.05, 3.63) is 16.8 Å². The van der Waals surface area contributed by atoms with E-state index in [9.17, 15) is 0 Å². The molecule has 0 saturated carbocycles. The van der Waals surface area contributed by atoms with Gasteiger partial charge in [0.05, 0.1) is 11.5 Å².